The molecular weight excluding hydrogens is 272 g/mol. The largest absolute Gasteiger partial charge is 0.274 e. The lowest BCUT2D eigenvalue weighted by Crippen LogP contribution is -2.31. The lowest BCUT2D eigenvalue weighted by atomic mass is 10.2. The first-order valence-electron chi connectivity index (χ1n) is 6.59. The van der Waals surface area contributed by atoms with E-state index in [0.29, 0.717) is 17.8 Å². The molecule has 5 heteroatoms. The summed E-state index contributed by atoms with van der Waals surface area (Å²) in [6.07, 6.45) is 0.977. The van der Waals surface area contributed by atoms with Crippen LogP contribution in [0.2, 0.25) is 0 Å². The molecule has 0 fully saturated rings. The minimum absolute atomic E-state index is 0.203. The second-order valence-corrected chi connectivity index (χ2v) is 5.66. The highest BCUT2D eigenvalue weighted by atomic mass is 32.2. The van der Waals surface area contributed by atoms with Crippen molar-refractivity contribution >= 4 is 17.7 Å². The van der Waals surface area contributed by atoms with Gasteiger partial charge in [0.05, 0.1) is 5.56 Å². The fourth-order valence-electron chi connectivity index (χ4n) is 2.29. The fraction of sp³-hybridized carbons (Fsp3) is 0.267. The number of nitrogens with zero attached hydrogens (tertiary/aromatic N) is 2. The quantitative estimate of drug-likeness (QED) is 0.796. The number of hydrogen-bond donors (Lipinski definition) is 0. The summed E-state index contributed by atoms with van der Waals surface area (Å²) in [5.74, 6) is 1.10. The van der Waals surface area contributed by atoms with E-state index in [1.54, 1.807) is 18.7 Å². The molecule has 0 saturated heterocycles. The van der Waals surface area contributed by atoms with Crippen LogP contribution in [0.4, 0.5) is 0 Å². The summed E-state index contributed by atoms with van der Waals surface area (Å²) < 4.78 is 1.24. The first-order chi connectivity index (χ1) is 9.72. The average Bonchev–Trinajstić information content (AvgIpc) is 2.96. The van der Waals surface area contributed by atoms with Crippen LogP contribution in [0.15, 0.2) is 40.2 Å². The topological polar surface area (TPSA) is 52.0 Å². The maximum absolute atomic E-state index is 12.5. The molecule has 0 N–H and O–H groups in total. The van der Waals surface area contributed by atoms with E-state index in [0.717, 1.165) is 16.3 Å². The Morgan fingerprint density at radius 1 is 1.35 bits per heavy atom. The number of fused-ring (bicyclic) bond motifs is 1. The zero-order chi connectivity index (χ0) is 14.1. The second kappa shape index (κ2) is 5.25. The molecule has 2 heterocycles. The van der Waals surface area contributed by atoms with Gasteiger partial charge >= 0.3 is 0 Å². The summed E-state index contributed by atoms with van der Waals surface area (Å²) in [5, 5.41) is 0.772. The Balaban J connectivity index is 2.31. The molecule has 0 amide bonds. The van der Waals surface area contributed by atoms with E-state index in [4.69, 9.17) is 0 Å². The smallest absolute Gasteiger partial charge is 0.264 e. The minimum atomic E-state index is -0.207. The Hall–Kier alpha value is -1.88. The highest BCUT2D eigenvalue weighted by Gasteiger charge is 2.24. The average molecular weight is 286 g/mol. The lowest BCUT2D eigenvalue weighted by molar-refractivity contribution is 0.0904. The zero-order valence-corrected chi connectivity index (χ0v) is 11.9. The number of carbonyl (C=O) groups is 1. The molecule has 0 atom stereocenters. The van der Waals surface area contributed by atoms with Crippen molar-refractivity contribution in [2.75, 3.05) is 5.75 Å². The summed E-state index contributed by atoms with van der Waals surface area (Å²) >= 11 is 1.58. The number of rotatable bonds is 2. The maximum atomic E-state index is 12.5. The van der Waals surface area contributed by atoms with Gasteiger partial charge in [0.15, 0.2) is 5.82 Å². The molecule has 3 rings (SSSR count). The van der Waals surface area contributed by atoms with Crippen molar-refractivity contribution < 1.29 is 4.79 Å². The maximum Gasteiger partial charge on any atom is 0.264 e. The third-order valence-corrected chi connectivity index (χ3v) is 4.33. The van der Waals surface area contributed by atoms with Crippen LogP contribution in [0, 0.1) is 0 Å². The van der Waals surface area contributed by atoms with E-state index in [1.165, 1.54) is 4.57 Å². The number of aromatic nitrogens is 2. The molecule has 1 aliphatic rings. The molecule has 0 unspecified atom stereocenters. The summed E-state index contributed by atoms with van der Waals surface area (Å²) in [6, 6.07) is 9.39. The normalized spacial score (nSPS) is 13.2. The molecule has 4 nitrogen and oxygen atoms in total. The Kier molecular flexibility index (Phi) is 3.44. The van der Waals surface area contributed by atoms with Crippen molar-refractivity contribution in [1.29, 1.82) is 0 Å². The van der Waals surface area contributed by atoms with Crippen LogP contribution >= 0.6 is 11.8 Å². The van der Waals surface area contributed by atoms with Crippen LogP contribution < -0.4 is 5.56 Å². The number of thioether (sulfide) groups is 1. The van der Waals surface area contributed by atoms with Gasteiger partial charge in [-0.25, -0.2) is 9.55 Å². The summed E-state index contributed by atoms with van der Waals surface area (Å²) in [4.78, 5) is 29.2. The molecule has 1 aliphatic heterocycles. The number of hydrogen-bond acceptors (Lipinski definition) is 4. The third-order valence-electron chi connectivity index (χ3n) is 3.31. The summed E-state index contributed by atoms with van der Waals surface area (Å²) in [7, 11) is 0. The van der Waals surface area contributed by atoms with Gasteiger partial charge in [0.25, 0.3) is 5.56 Å². The van der Waals surface area contributed by atoms with Crippen LogP contribution in [-0.4, -0.2) is 21.2 Å². The minimum Gasteiger partial charge on any atom is -0.274 e. The number of benzene rings is 1. The summed E-state index contributed by atoms with van der Waals surface area (Å²) in [6.45, 7) is 1.76. The first-order valence-corrected chi connectivity index (χ1v) is 7.58. The molecule has 1 aromatic carbocycles. The van der Waals surface area contributed by atoms with E-state index in [1.807, 2.05) is 30.3 Å². The van der Waals surface area contributed by atoms with E-state index in [-0.39, 0.29) is 17.9 Å². The molecule has 1 aromatic heterocycles. The van der Waals surface area contributed by atoms with Crippen LogP contribution in [0.25, 0.3) is 11.4 Å². The van der Waals surface area contributed by atoms with Crippen LogP contribution in [0.3, 0.4) is 0 Å². The van der Waals surface area contributed by atoms with Crippen LogP contribution in [-0.2, 0) is 6.42 Å². The highest BCUT2D eigenvalue weighted by molar-refractivity contribution is 7.99. The second-order valence-electron chi connectivity index (χ2n) is 4.57. The van der Waals surface area contributed by atoms with Gasteiger partial charge in [-0.1, -0.05) is 37.3 Å². The van der Waals surface area contributed by atoms with E-state index < -0.39 is 0 Å². The van der Waals surface area contributed by atoms with Crippen LogP contribution in [0.5, 0.6) is 0 Å². The fourth-order valence-corrected chi connectivity index (χ4v) is 3.30. The van der Waals surface area contributed by atoms with E-state index >= 15 is 0 Å². The molecule has 0 spiro atoms. The zero-order valence-electron chi connectivity index (χ0n) is 11.1. The van der Waals surface area contributed by atoms with Gasteiger partial charge in [0.2, 0.25) is 5.91 Å². The molecule has 102 valence electrons. The molecule has 0 aliphatic carbocycles. The van der Waals surface area contributed by atoms with Gasteiger partial charge in [0.1, 0.15) is 5.03 Å². The van der Waals surface area contributed by atoms with E-state index in [2.05, 4.69) is 4.98 Å². The Bertz CT molecular complexity index is 723. The molecular formula is C15H14N2O2S. The first kappa shape index (κ1) is 13.1. The van der Waals surface area contributed by atoms with Gasteiger partial charge in [-0.2, -0.15) is 0 Å². The monoisotopic (exact) mass is 286 g/mol. The van der Waals surface area contributed by atoms with Crippen molar-refractivity contribution in [1.82, 2.24) is 9.55 Å². The lowest BCUT2D eigenvalue weighted by Gasteiger charge is -2.12. The van der Waals surface area contributed by atoms with E-state index in [9.17, 15) is 9.59 Å². The van der Waals surface area contributed by atoms with Gasteiger partial charge < -0.3 is 0 Å². The SMILES string of the molecule is CCC(=O)n1c(-c2ccccc2)nc2c(c1=O)CCS2. The van der Waals surface area contributed by atoms with Crippen molar-refractivity contribution in [2.45, 2.75) is 24.8 Å². The van der Waals surface area contributed by atoms with Gasteiger partial charge in [0, 0.05) is 17.7 Å². The third kappa shape index (κ3) is 2.08. The molecule has 0 bridgehead atoms. The standard InChI is InChI=1S/C15H14N2O2S/c1-2-12(18)17-13(10-6-4-3-5-7-10)16-14-11(15(17)19)8-9-20-14/h3-7H,2,8-9H2,1H3. The van der Waals surface area contributed by atoms with Crippen molar-refractivity contribution in [3.05, 3.63) is 46.2 Å². The van der Waals surface area contributed by atoms with Crippen molar-refractivity contribution in [3.63, 3.8) is 0 Å². The van der Waals surface area contributed by atoms with Crippen molar-refractivity contribution in [2.24, 2.45) is 0 Å². The Labute approximate surface area is 120 Å². The Morgan fingerprint density at radius 2 is 2.10 bits per heavy atom. The highest BCUT2D eigenvalue weighted by Crippen LogP contribution is 2.29. The van der Waals surface area contributed by atoms with Gasteiger partial charge in [-0.3, -0.25) is 9.59 Å². The van der Waals surface area contributed by atoms with Gasteiger partial charge in [-0.05, 0) is 6.42 Å². The molecule has 2 aromatic rings. The predicted octanol–water partition coefficient (Wildman–Crippen LogP) is 2.61. The Morgan fingerprint density at radius 3 is 2.80 bits per heavy atom. The predicted molar refractivity (Wildman–Crippen MR) is 79.3 cm³/mol. The summed E-state index contributed by atoms with van der Waals surface area (Å²) in [5.41, 5.74) is 1.27. The molecule has 20 heavy (non-hydrogen) atoms. The van der Waals surface area contributed by atoms with Crippen molar-refractivity contribution in [3.8, 4) is 11.4 Å². The molecule has 0 radical (unpaired) electrons. The molecule has 0 saturated carbocycles. The number of carbonyl (C=O) groups excluding carboxylic acids is 1. The van der Waals surface area contributed by atoms with Gasteiger partial charge in [-0.15, -0.1) is 11.8 Å². The van der Waals surface area contributed by atoms with Crippen LogP contribution in [0.1, 0.15) is 23.7 Å².